The number of rotatable bonds is 2. The van der Waals surface area contributed by atoms with Crippen molar-refractivity contribution in [2.75, 3.05) is 32.8 Å². The molecule has 1 aromatic rings. The van der Waals surface area contributed by atoms with E-state index < -0.39 is 11.9 Å². The molecule has 1 amide bonds. The summed E-state index contributed by atoms with van der Waals surface area (Å²) in [5, 5.41) is 3.66. The monoisotopic (exact) mass is 438 g/mol. The third-order valence-corrected chi connectivity index (χ3v) is 6.03. The lowest BCUT2D eigenvalue weighted by atomic mass is 9.88. The molecule has 3 N–H and O–H groups in total. The van der Waals surface area contributed by atoms with Crippen molar-refractivity contribution in [2.45, 2.75) is 24.6 Å². The van der Waals surface area contributed by atoms with E-state index in [0.29, 0.717) is 36.3 Å². The molecular weight excluding hydrogens is 418 g/mol. The fourth-order valence-corrected chi connectivity index (χ4v) is 4.48. The number of halogens is 4. The first-order chi connectivity index (χ1) is 12.5. The van der Waals surface area contributed by atoms with Gasteiger partial charge >= 0.3 is 0 Å². The Morgan fingerprint density at radius 1 is 1.26 bits per heavy atom. The van der Waals surface area contributed by atoms with Gasteiger partial charge in [0.15, 0.2) is 0 Å². The van der Waals surface area contributed by atoms with Crippen molar-refractivity contribution in [1.29, 1.82) is 0 Å². The molecule has 0 radical (unpaired) electrons. The van der Waals surface area contributed by atoms with Crippen molar-refractivity contribution < 1.29 is 13.9 Å². The molecule has 3 aliphatic rings. The average Bonchev–Trinajstić information content (AvgIpc) is 3.08. The smallest absolute Gasteiger partial charge is 0.241 e. The Balaban J connectivity index is 0.00000210. The average molecular weight is 440 g/mol. The van der Waals surface area contributed by atoms with Crippen molar-refractivity contribution in [3.05, 3.63) is 33.6 Å². The topological polar surface area (TPSA) is 65.6 Å². The Morgan fingerprint density at radius 3 is 2.89 bits per heavy atom. The van der Waals surface area contributed by atoms with Gasteiger partial charge in [-0.05, 0) is 25.1 Å². The van der Waals surface area contributed by atoms with E-state index in [9.17, 15) is 9.18 Å². The fraction of sp³-hybridized carbons (Fsp3) is 0.588. The van der Waals surface area contributed by atoms with Crippen molar-refractivity contribution in [1.82, 2.24) is 21.1 Å². The van der Waals surface area contributed by atoms with Gasteiger partial charge in [0.1, 0.15) is 18.0 Å². The highest BCUT2D eigenvalue weighted by molar-refractivity contribution is 6.35. The Kier molecular flexibility index (Phi) is 6.84. The summed E-state index contributed by atoms with van der Waals surface area (Å²) < 4.78 is 19.6. The molecule has 1 aromatic carbocycles. The lowest BCUT2D eigenvalue weighted by molar-refractivity contribution is -0.142. The van der Waals surface area contributed by atoms with Crippen LogP contribution in [0, 0.1) is 11.7 Å². The van der Waals surface area contributed by atoms with Gasteiger partial charge in [0.25, 0.3) is 0 Å². The Labute approximate surface area is 173 Å². The number of hydrazine groups is 1. The predicted molar refractivity (Wildman–Crippen MR) is 104 cm³/mol. The third-order valence-electron chi connectivity index (χ3n) is 5.41. The van der Waals surface area contributed by atoms with Gasteiger partial charge in [-0.3, -0.25) is 10.2 Å². The summed E-state index contributed by atoms with van der Waals surface area (Å²) in [6.45, 7) is 2.98. The molecule has 4 unspecified atom stereocenters. The first-order valence-corrected chi connectivity index (χ1v) is 9.57. The van der Waals surface area contributed by atoms with Crippen molar-refractivity contribution in [3.63, 3.8) is 0 Å². The molecule has 0 aromatic heterocycles. The van der Waals surface area contributed by atoms with Crippen LogP contribution in [0.1, 0.15) is 18.1 Å². The standard InChI is InChI=1S/C17H21Cl2FN4O2.ClH/c18-11-6-12(19)13(20)5-9(11)15-8-24(3-4-26-15)17(25)16-10-7-21-2-1-14(10)22-23-16;/h5-6,10,14-16,21-23H,1-4,7-8H2;1H. The molecule has 0 saturated carbocycles. The van der Waals surface area contributed by atoms with Crippen LogP contribution in [0.5, 0.6) is 0 Å². The highest BCUT2D eigenvalue weighted by Gasteiger charge is 2.43. The molecule has 150 valence electrons. The van der Waals surface area contributed by atoms with Gasteiger partial charge in [0.2, 0.25) is 5.91 Å². The van der Waals surface area contributed by atoms with Gasteiger partial charge in [-0.25, -0.2) is 9.82 Å². The lowest BCUT2D eigenvalue weighted by Gasteiger charge is -2.36. The second-order valence-corrected chi connectivity index (χ2v) is 7.78. The van der Waals surface area contributed by atoms with Crippen LogP contribution >= 0.6 is 35.6 Å². The van der Waals surface area contributed by atoms with Crippen molar-refractivity contribution >= 4 is 41.5 Å². The van der Waals surface area contributed by atoms with Gasteiger partial charge in [-0.15, -0.1) is 12.4 Å². The molecular formula is C17H22Cl3FN4O2. The van der Waals surface area contributed by atoms with E-state index >= 15 is 0 Å². The first kappa shape index (κ1) is 21.0. The van der Waals surface area contributed by atoms with Gasteiger partial charge in [0.05, 0.1) is 18.2 Å². The van der Waals surface area contributed by atoms with Crippen LogP contribution in [0.25, 0.3) is 0 Å². The second-order valence-electron chi connectivity index (χ2n) is 6.96. The summed E-state index contributed by atoms with van der Waals surface area (Å²) in [6, 6.07) is 2.70. The van der Waals surface area contributed by atoms with Crippen LogP contribution < -0.4 is 16.2 Å². The number of nitrogens with zero attached hydrogens (tertiary/aromatic N) is 1. The number of nitrogens with one attached hydrogen (secondary N) is 3. The summed E-state index contributed by atoms with van der Waals surface area (Å²) in [4.78, 5) is 14.8. The van der Waals surface area contributed by atoms with E-state index in [1.807, 2.05) is 0 Å². The number of ether oxygens (including phenoxy) is 1. The van der Waals surface area contributed by atoms with Crippen LogP contribution in [0.4, 0.5) is 4.39 Å². The maximum absolute atomic E-state index is 13.8. The molecule has 3 heterocycles. The Bertz CT molecular complexity index is 711. The van der Waals surface area contributed by atoms with E-state index in [1.165, 1.54) is 12.1 Å². The number of hydrogen-bond acceptors (Lipinski definition) is 5. The predicted octanol–water partition coefficient (Wildman–Crippen LogP) is 1.91. The number of carbonyl (C=O) groups excluding carboxylic acids is 1. The maximum Gasteiger partial charge on any atom is 0.241 e. The molecule has 4 rings (SSSR count). The molecule has 3 saturated heterocycles. The van der Waals surface area contributed by atoms with Crippen molar-refractivity contribution in [3.8, 4) is 0 Å². The molecule has 6 nitrogen and oxygen atoms in total. The summed E-state index contributed by atoms with van der Waals surface area (Å²) in [5.41, 5.74) is 6.91. The first-order valence-electron chi connectivity index (χ1n) is 8.81. The van der Waals surface area contributed by atoms with E-state index in [2.05, 4.69) is 16.2 Å². The highest BCUT2D eigenvalue weighted by atomic mass is 35.5. The maximum atomic E-state index is 13.8. The number of hydrogen-bond donors (Lipinski definition) is 3. The van der Waals surface area contributed by atoms with E-state index in [0.717, 1.165) is 19.5 Å². The van der Waals surface area contributed by atoms with Crippen LogP contribution in [0.15, 0.2) is 12.1 Å². The normalized spacial score (nSPS) is 30.6. The zero-order valence-corrected chi connectivity index (χ0v) is 16.8. The highest BCUT2D eigenvalue weighted by Crippen LogP contribution is 2.33. The molecule has 10 heteroatoms. The zero-order chi connectivity index (χ0) is 18.3. The number of morpholine rings is 1. The number of piperidine rings is 1. The van der Waals surface area contributed by atoms with E-state index in [4.69, 9.17) is 27.9 Å². The minimum absolute atomic E-state index is 0. The minimum Gasteiger partial charge on any atom is -0.370 e. The Hall–Kier alpha value is -0.670. The summed E-state index contributed by atoms with van der Waals surface area (Å²) in [7, 11) is 0. The van der Waals surface area contributed by atoms with Gasteiger partial charge in [-0.2, -0.15) is 0 Å². The van der Waals surface area contributed by atoms with Crippen LogP contribution in [-0.2, 0) is 9.53 Å². The van der Waals surface area contributed by atoms with Crippen LogP contribution in [-0.4, -0.2) is 55.7 Å². The van der Waals surface area contributed by atoms with Crippen molar-refractivity contribution in [2.24, 2.45) is 5.92 Å². The largest absolute Gasteiger partial charge is 0.370 e. The molecule has 3 aliphatic heterocycles. The molecule has 0 bridgehead atoms. The molecule has 0 spiro atoms. The zero-order valence-electron chi connectivity index (χ0n) is 14.5. The lowest BCUT2D eigenvalue weighted by Crippen LogP contribution is -2.53. The van der Waals surface area contributed by atoms with Crippen LogP contribution in [0.2, 0.25) is 10.0 Å². The minimum atomic E-state index is -0.545. The fourth-order valence-electron chi connectivity index (χ4n) is 3.98. The van der Waals surface area contributed by atoms with Gasteiger partial charge < -0.3 is 15.0 Å². The SMILES string of the molecule is Cl.O=C(C1NNC2CCNCC21)N1CCOC(c2cc(F)c(Cl)cc2Cl)C1. The van der Waals surface area contributed by atoms with Gasteiger partial charge in [-0.1, -0.05) is 23.2 Å². The summed E-state index contributed by atoms with van der Waals surface area (Å²) >= 11 is 12.0. The van der Waals surface area contributed by atoms with E-state index in [1.54, 1.807) is 4.90 Å². The number of carbonyl (C=O) groups is 1. The number of amides is 1. The second kappa shape index (κ2) is 8.78. The summed E-state index contributed by atoms with van der Waals surface area (Å²) in [6.07, 6.45) is 0.522. The van der Waals surface area contributed by atoms with Crippen LogP contribution in [0.3, 0.4) is 0 Å². The molecule has 4 atom stereocenters. The quantitative estimate of drug-likeness (QED) is 0.615. The number of benzene rings is 1. The third kappa shape index (κ3) is 4.19. The summed E-state index contributed by atoms with van der Waals surface area (Å²) in [5.74, 6) is -0.294. The number of fused-ring (bicyclic) bond motifs is 1. The molecule has 0 aliphatic carbocycles. The molecule has 3 fully saturated rings. The van der Waals surface area contributed by atoms with E-state index in [-0.39, 0.29) is 35.3 Å². The molecule has 27 heavy (non-hydrogen) atoms. The van der Waals surface area contributed by atoms with Gasteiger partial charge in [0, 0.05) is 35.6 Å². The Morgan fingerprint density at radius 2 is 2.07 bits per heavy atom.